The fourth-order valence-electron chi connectivity index (χ4n) is 4.07. The number of carbonyl (C=O) groups excluding carboxylic acids is 3. The van der Waals surface area contributed by atoms with Crippen molar-refractivity contribution >= 4 is 23.5 Å². The molecule has 0 saturated carbocycles. The average molecular weight is 531 g/mol. The van der Waals surface area contributed by atoms with E-state index in [9.17, 15) is 27.6 Å². The number of likely N-dealkylation sites (N-methyl/N-ethyl adjacent to an activating group) is 1. The second kappa shape index (κ2) is 11.9. The predicted molar refractivity (Wildman–Crippen MR) is 135 cm³/mol. The van der Waals surface area contributed by atoms with Crippen LogP contribution in [0.4, 0.5) is 18.9 Å². The van der Waals surface area contributed by atoms with E-state index >= 15 is 0 Å². The summed E-state index contributed by atoms with van der Waals surface area (Å²) in [5.74, 6) is -1.49. The number of rotatable bonds is 9. The molecule has 3 aromatic rings. The number of ether oxygens (including phenoxy) is 1. The van der Waals surface area contributed by atoms with Gasteiger partial charge in [-0.1, -0.05) is 12.1 Å². The Hall–Kier alpha value is -4.15. The third-order valence-corrected chi connectivity index (χ3v) is 6.12. The van der Waals surface area contributed by atoms with Gasteiger partial charge in [-0.15, -0.1) is 0 Å². The minimum Gasteiger partial charge on any atom is -0.469 e. The number of hydrogen-bond acceptors (Lipinski definition) is 5. The van der Waals surface area contributed by atoms with Crippen LogP contribution in [0, 0.1) is 13.8 Å². The Morgan fingerprint density at radius 2 is 1.71 bits per heavy atom. The molecule has 1 N–H and O–H groups in total. The standard InChI is InChI=1S/C27H29F3N4O4/c1-5-33(16-24(35)31-23-9-7-6-8-22(23)27(28,29)30)26(37)19-10-12-20(13-11-19)34-18(3)21(17(2)32-34)14-15-25(36)38-4/h6-13H,5,14-16H2,1-4H3,(H,31,35). The summed E-state index contributed by atoms with van der Waals surface area (Å²) in [5.41, 5.74) is 2.26. The number of hydrogen-bond donors (Lipinski definition) is 1. The highest BCUT2D eigenvalue weighted by atomic mass is 19.4. The number of aromatic nitrogens is 2. The molecule has 0 radical (unpaired) electrons. The summed E-state index contributed by atoms with van der Waals surface area (Å²) in [6.45, 7) is 5.18. The normalized spacial score (nSPS) is 11.2. The topological polar surface area (TPSA) is 93.5 Å². The summed E-state index contributed by atoms with van der Waals surface area (Å²) in [6.07, 6.45) is -3.90. The van der Waals surface area contributed by atoms with Crippen LogP contribution in [0.5, 0.6) is 0 Å². The Kier molecular flexibility index (Phi) is 8.92. The van der Waals surface area contributed by atoms with Gasteiger partial charge >= 0.3 is 12.1 Å². The zero-order valence-electron chi connectivity index (χ0n) is 21.6. The first-order chi connectivity index (χ1) is 18.0. The molecule has 0 atom stereocenters. The molecule has 2 aromatic carbocycles. The van der Waals surface area contributed by atoms with Crippen molar-refractivity contribution in [3.05, 3.63) is 76.6 Å². The maximum Gasteiger partial charge on any atom is 0.418 e. The van der Waals surface area contributed by atoms with Gasteiger partial charge in [0, 0.05) is 24.2 Å². The van der Waals surface area contributed by atoms with E-state index in [0.717, 1.165) is 29.1 Å². The van der Waals surface area contributed by atoms with E-state index in [-0.39, 0.29) is 24.6 Å². The van der Waals surface area contributed by atoms with Crippen LogP contribution in [0.3, 0.4) is 0 Å². The molecule has 0 aliphatic carbocycles. The van der Waals surface area contributed by atoms with Gasteiger partial charge in [0.2, 0.25) is 5.91 Å². The molecule has 0 spiro atoms. The molecule has 11 heteroatoms. The molecular weight excluding hydrogens is 501 g/mol. The van der Waals surface area contributed by atoms with E-state index in [0.29, 0.717) is 17.7 Å². The molecule has 1 aromatic heterocycles. The van der Waals surface area contributed by atoms with Crippen LogP contribution in [0.2, 0.25) is 0 Å². The van der Waals surface area contributed by atoms with Crippen LogP contribution < -0.4 is 5.32 Å². The lowest BCUT2D eigenvalue weighted by molar-refractivity contribution is -0.140. The molecule has 2 amide bonds. The third kappa shape index (κ3) is 6.58. The second-order valence-electron chi connectivity index (χ2n) is 8.60. The van der Waals surface area contributed by atoms with E-state index < -0.39 is 30.1 Å². The molecule has 8 nitrogen and oxygen atoms in total. The molecule has 0 unspecified atom stereocenters. The summed E-state index contributed by atoms with van der Waals surface area (Å²) < 4.78 is 46.1. The molecule has 0 fully saturated rings. The number of nitrogens with one attached hydrogen (secondary N) is 1. The molecule has 3 rings (SSSR count). The van der Waals surface area contributed by atoms with Crippen molar-refractivity contribution in [3.8, 4) is 5.69 Å². The summed E-state index contributed by atoms with van der Waals surface area (Å²) in [4.78, 5) is 38.3. The fraction of sp³-hybridized carbons (Fsp3) is 0.333. The van der Waals surface area contributed by atoms with Crippen LogP contribution in [-0.2, 0) is 26.9 Å². The van der Waals surface area contributed by atoms with Crippen molar-refractivity contribution in [1.29, 1.82) is 0 Å². The molecule has 202 valence electrons. The molecule has 38 heavy (non-hydrogen) atoms. The minimum atomic E-state index is -4.63. The number of para-hydroxylation sites is 1. The highest BCUT2D eigenvalue weighted by Crippen LogP contribution is 2.34. The predicted octanol–water partition coefficient (Wildman–Crippen LogP) is 4.71. The fourth-order valence-corrected chi connectivity index (χ4v) is 4.07. The summed E-state index contributed by atoms with van der Waals surface area (Å²) in [7, 11) is 1.34. The maximum atomic E-state index is 13.2. The molecular formula is C27H29F3N4O4. The van der Waals surface area contributed by atoms with Crippen molar-refractivity contribution in [2.75, 3.05) is 25.5 Å². The number of carbonyl (C=O) groups is 3. The summed E-state index contributed by atoms with van der Waals surface area (Å²) in [5, 5.41) is 6.81. The van der Waals surface area contributed by atoms with Crippen LogP contribution in [0.15, 0.2) is 48.5 Å². The van der Waals surface area contributed by atoms with Crippen molar-refractivity contribution < 1.29 is 32.3 Å². The van der Waals surface area contributed by atoms with Crippen molar-refractivity contribution in [2.24, 2.45) is 0 Å². The molecule has 0 aliphatic heterocycles. The lowest BCUT2D eigenvalue weighted by atomic mass is 10.1. The largest absolute Gasteiger partial charge is 0.469 e. The Morgan fingerprint density at radius 1 is 1.05 bits per heavy atom. The first kappa shape index (κ1) is 28.4. The van der Waals surface area contributed by atoms with Gasteiger partial charge in [0.05, 0.1) is 29.7 Å². The van der Waals surface area contributed by atoms with Gasteiger partial charge in [-0.05, 0) is 69.2 Å². The number of halogens is 3. The summed E-state index contributed by atoms with van der Waals surface area (Å²) >= 11 is 0. The number of alkyl halides is 3. The van der Waals surface area contributed by atoms with Crippen molar-refractivity contribution in [1.82, 2.24) is 14.7 Å². The highest BCUT2D eigenvalue weighted by Gasteiger charge is 2.33. The molecule has 0 bridgehead atoms. The van der Waals surface area contributed by atoms with Crippen LogP contribution >= 0.6 is 0 Å². The van der Waals surface area contributed by atoms with Gasteiger partial charge in [-0.25, -0.2) is 4.68 Å². The number of aryl methyl sites for hydroxylation is 1. The van der Waals surface area contributed by atoms with Crippen molar-refractivity contribution in [3.63, 3.8) is 0 Å². The van der Waals surface area contributed by atoms with Gasteiger partial charge in [-0.2, -0.15) is 18.3 Å². The Balaban J connectivity index is 1.72. The molecule has 0 aliphatic rings. The number of amides is 2. The van der Waals surface area contributed by atoms with Gasteiger partial charge < -0.3 is 15.0 Å². The highest BCUT2D eigenvalue weighted by molar-refractivity contribution is 5.99. The lowest BCUT2D eigenvalue weighted by Crippen LogP contribution is -2.38. The number of anilines is 1. The molecule has 0 saturated heterocycles. The van der Waals surface area contributed by atoms with E-state index in [4.69, 9.17) is 4.74 Å². The Bertz CT molecular complexity index is 1320. The number of esters is 1. The smallest absolute Gasteiger partial charge is 0.418 e. The van der Waals surface area contributed by atoms with Gasteiger partial charge in [0.1, 0.15) is 6.54 Å². The van der Waals surface area contributed by atoms with E-state index in [1.54, 1.807) is 35.9 Å². The van der Waals surface area contributed by atoms with Crippen molar-refractivity contribution in [2.45, 2.75) is 39.8 Å². The van der Waals surface area contributed by atoms with E-state index in [2.05, 4.69) is 10.4 Å². The van der Waals surface area contributed by atoms with Crippen LogP contribution in [-0.4, -0.2) is 52.7 Å². The first-order valence-corrected chi connectivity index (χ1v) is 11.9. The zero-order valence-corrected chi connectivity index (χ0v) is 21.6. The first-order valence-electron chi connectivity index (χ1n) is 11.9. The maximum absolute atomic E-state index is 13.2. The minimum absolute atomic E-state index is 0.177. The van der Waals surface area contributed by atoms with Gasteiger partial charge in [0.25, 0.3) is 5.91 Å². The Morgan fingerprint density at radius 3 is 2.32 bits per heavy atom. The zero-order chi connectivity index (χ0) is 28.0. The number of methoxy groups -OCH3 is 1. The second-order valence-corrected chi connectivity index (χ2v) is 8.60. The number of benzene rings is 2. The van der Waals surface area contributed by atoms with E-state index in [1.165, 1.54) is 24.1 Å². The summed E-state index contributed by atoms with van der Waals surface area (Å²) in [6, 6.07) is 11.3. The number of nitrogens with zero attached hydrogens (tertiary/aromatic N) is 3. The lowest BCUT2D eigenvalue weighted by Gasteiger charge is -2.21. The van der Waals surface area contributed by atoms with E-state index in [1.807, 2.05) is 13.8 Å². The third-order valence-electron chi connectivity index (χ3n) is 6.12. The monoisotopic (exact) mass is 530 g/mol. The molecule has 1 heterocycles. The van der Waals surface area contributed by atoms with Crippen LogP contribution in [0.1, 0.15) is 46.2 Å². The van der Waals surface area contributed by atoms with Crippen LogP contribution in [0.25, 0.3) is 5.69 Å². The van der Waals surface area contributed by atoms with Gasteiger partial charge in [-0.3, -0.25) is 14.4 Å². The quantitative estimate of drug-likeness (QED) is 0.405. The van der Waals surface area contributed by atoms with Gasteiger partial charge in [0.15, 0.2) is 0 Å². The Labute approximate surface area is 218 Å². The SMILES string of the molecule is CCN(CC(=O)Nc1ccccc1C(F)(F)F)C(=O)c1ccc(-n2nc(C)c(CCC(=O)OC)c2C)cc1. The average Bonchev–Trinajstić information content (AvgIpc) is 3.17.